The summed E-state index contributed by atoms with van der Waals surface area (Å²) in [5.41, 5.74) is 0. The molecule has 0 N–H and O–H groups in total. The fraction of sp³-hybridized carbons (Fsp3) is 0.800. The van der Waals surface area contributed by atoms with E-state index in [2.05, 4.69) is 24.7 Å². The second-order valence-corrected chi connectivity index (χ2v) is 6.24. The molecule has 0 aromatic heterocycles. The van der Waals surface area contributed by atoms with E-state index < -0.39 is 10.8 Å². The van der Waals surface area contributed by atoms with Crippen LogP contribution in [0, 0.1) is 12.3 Å². The lowest BCUT2D eigenvalue weighted by atomic mass is 10.2. The minimum absolute atomic E-state index is 0.0627. The van der Waals surface area contributed by atoms with Crippen LogP contribution in [-0.2, 0) is 10.8 Å². The van der Waals surface area contributed by atoms with Crippen molar-refractivity contribution in [3.8, 4) is 12.3 Å². The van der Waals surface area contributed by atoms with Crippen LogP contribution in [0.1, 0.15) is 20.3 Å². The standard InChI is InChI=1S/C10H17NOS/c1-4-5-6-11-7-8-13(12)10(2,3)9-11/h1H,5-9H2,2-3H3. The molecule has 74 valence electrons. The van der Waals surface area contributed by atoms with E-state index in [1.54, 1.807) is 0 Å². The number of hydrogen-bond donors (Lipinski definition) is 0. The van der Waals surface area contributed by atoms with E-state index in [-0.39, 0.29) is 4.75 Å². The van der Waals surface area contributed by atoms with Crippen molar-refractivity contribution in [1.82, 2.24) is 4.90 Å². The summed E-state index contributed by atoms with van der Waals surface area (Å²) in [7, 11) is -0.670. The Labute approximate surface area is 83.2 Å². The fourth-order valence-corrected chi connectivity index (χ4v) is 2.89. The van der Waals surface area contributed by atoms with Crippen molar-refractivity contribution in [2.75, 3.05) is 25.4 Å². The summed E-state index contributed by atoms with van der Waals surface area (Å²) in [6.07, 6.45) is 6.00. The normalized spacial score (nSPS) is 28.2. The molecule has 1 fully saturated rings. The lowest BCUT2D eigenvalue weighted by Crippen LogP contribution is -2.50. The van der Waals surface area contributed by atoms with E-state index >= 15 is 0 Å². The summed E-state index contributed by atoms with van der Waals surface area (Å²) >= 11 is 0. The minimum atomic E-state index is -0.670. The van der Waals surface area contributed by atoms with E-state index in [0.29, 0.717) is 0 Å². The molecular weight excluding hydrogens is 182 g/mol. The van der Waals surface area contributed by atoms with Crippen LogP contribution in [-0.4, -0.2) is 39.2 Å². The Morgan fingerprint density at radius 3 is 2.85 bits per heavy atom. The van der Waals surface area contributed by atoms with Crippen LogP contribution in [0.3, 0.4) is 0 Å². The summed E-state index contributed by atoms with van der Waals surface area (Å²) < 4.78 is 11.5. The van der Waals surface area contributed by atoms with Gasteiger partial charge in [0.15, 0.2) is 0 Å². The molecule has 1 saturated heterocycles. The first-order chi connectivity index (χ1) is 6.06. The number of rotatable bonds is 2. The number of terminal acetylenes is 1. The first-order valence-electron chi connectivity index (χ1n) is 4.60. The largest absolute Gasteiger partial charge is 0.300 e. The van der Waals surface area contributed by atoms with E-state index in [1.165, 1.54) is 0 Å². The zero-order valence-corrected chi connectivity index (χ0v) is 9.19. The van der Waals surface area contributed by atoms with Gasteiger partial charge in [-0.1, -0.05) is 0 Å². The third kappa shape index (κ3) is 2.82. The fourth-order valence-electron chi connectivity index (χ4n) is 1.59. The number of hydrogen-bond acceptors (Lipinski definition) is 2. The highest BCUT2D eigenvalue weighted by Crippen LogP contribution is 2.19. The van der Waals surface area contributed by atoms with Crippen molar-refractivity contribution >= 4 is 10.8 Å². The van der Waals surface area contributed by atoms with Gasteiger partial charge in [0.1, 0.15) is 0 Å². The Morgan fingerprint density at radius 2 is 2.31 bits per heavy atom. The molecule has 1 rings (SSSR count). The van der Waals surface area contributed by atoms with Crippen LogP contribution in [0.25, 0.3) is 0 Å². The second-order valence-electron chi connectivity index (χ2n) is 4.04. The summed E-state index contributed by atoms with van der Waals surface area (Å²) in [6, 6.07) is 0. The van der Waals surface area contributed by atoms with Gasteiger partial charge in [0, 0.05) is 42.6 Å². The zero-order valence-electron chi connectivity index (χ0n) is 8.38. The molecule has 0 amide bonds. The predicted molar refractivity (Wildman–Crippen MR) is 57.0 cm³/mol. The van der Waals surface area contributed by atoms with Gasteiger partial charge in [-0.15, -0.1) is 12.3 Å². The first kappa shape index (κ1) is 10.7. The zero-order chi connectivity index (χ0) is 9.90. The molecular formula is C10H17NOS. The summed E-state index contributed by atoms with van der Waals surface area (Å²) in [6.45, 7) is 6.90. The Hall–Kier alpha value is -0.330. The lowest BCUT2D eigenvalue weighted by molar-refractivity contribution is 0.261. The van der Waals surface area contributed by atoms with Crippen molar-refractivity contribution in [2.24, 2.45) is 0 Å². The highest BCUT2D eigenvalue weighted by Gasteiger charge is 2.32. The molecule has 0 saturated carbocycles. The Kier molecular flexibility index (Phi) is 3.52. The third-order valence-electron chi connectivity index (χ3n) is 2.39. The average Bonchev–Trinajstić information content (AvgIpc) is 2.07. The molecule has 1 heterocycles. The molecule has 1 unspecified atom stereocenters. The van der Waals surface area contributed by atoms with Crippen LogP contribution >= 0.6 is 0 Å². The topological polar surface area (TPSA) is 20.3 Å². The monoisotopic (exact) mass is 199 g/mol. The van der Waals surface area contributed by atoms with Crippen molar-refractivity contribution in [2.45, 2.75) is 25.0 Å². The van der Waals surface area contributed by atoms with Gasteiger partial charge in [-0.3, -0.25) is 4.21 Å². The van der Waals surface area contributed by atoms with E-state index in [0.717, 1.165) is 31.8 Å². The maximum atomic E-state index is 11.6. The first-order valence-corrected chi connectivity index (χ1v) is 5.92. The quantitative estimate of drug-likeness (QED) is 0.615. The van der Waals surface area contributed by atoms with E-state index in [4.69, 9.17) is 6.42 Å². The molecule has 0 spiro atoms. The molecule has 0 aromatic carbocycles. The van der Waals surface area contributed by atoms with Crippen LogP contribution in [0.15, 0.2) is 0 Å². The van der Waals surface area contributed by atoms with Gasteiger partial charge >= 0.3 is 0 Å². The predicted octanol–water partition coefficient (Wildman–Crippen LogP) is 0.853. The lowest BCUT2D eigenvalue weighted by Gasteiger charge is -2.36. The number of nitrogens with zero attached hydrogens (tertiary/aromatic N) is 1. The smallest absolute Gasteiger partial charge is 0.0530 e. The van der Waals surface area contributed by atoms with Crippen molar-refractivity contribution in [3.05, 3.63) is 0 Å². The Bertz CT molecular complexity index is 242. The Morgan fingerprint density at radius 1 is 1.62 bits per heavy atom. The molecule has 1 aliphatic rings. The molecule has 0 radical (unpaired) electrons. The summed E-state index contributed by atoms with van der Waals surface area (Å²) in [5.74, 6) is 3.43. The maximum absolute atomic E-state index is 11.6. The molecule has 13 heavy (non-hydrogen) atoms. The van der Waals surface area contributed by atoms with Crippen molar-refractivity contribution in [1.29, 1.82) is 0 Å². The third-order valence-corrected chi connectivity index (χ3v) is 4.30. The molecule has 1 atom stereocenters. The molecule has 3 heteroatoms. The van der Waals surface area contributed by atoms with Gasteiger partial charge in [0.2, 0.25) is 0 Å². The molecule has 0 aromatic rings. The second kappa shape index (κ2) is 4.26. The van der Waals surface area contributed by atoms with Crippen LogP contribution in [0.5, 0.6) is 0 Å². The van der Waals surface area contributed by atoms with E-state index in [1.807, 2.05) is 0 Å². The minimum Gasteiger partial charge on any atom is -0.300 e. The van der Waals surface area contributed by atoms with Crippen molar-refractivity contribution in [3.63, 3.8) is 0 Å². The summed E-state index contributed by atoms with van der Waals surface area (Å²) in [5, 5.41) is 0. The van der Waals surface area contributed by atoms with Gasteiger partial charge < -0.3 is 4.90 Å². The van der Waals surface area contributed by atoms with Gasteiger partial charge in [-0.2, -0.15) is 0 Å². The van der Waals surface area contributed by atoms with Crippen molar-refractivity contribution < 1.29 is 4.21 Å². The van der Waals surface area contributed by atoms with Crippen LogP contribution < -0.4 is 0 Å². The van der Waals surface area contributed by atoms with Crippen LogP contribution in [0.4, 0.5) is 0 Å². The average molecular weight is 199 g/mol. The molecule has 2 nitrogen and oxygen atoms in total. The van der Waals surface area contributed by atoms with Gasteiger partial charge in [0.05, 0.1) is 4.75 Å². The summed E-state index contributed by atoms with van der Waals surface area (Å²) in [4.78, 5) is 2.31. The molecule has 0 aliphatic carbocycles. The van der Waals surface area contributed by atoms with Gasteiger partial charge in [0.25, 0.3) is 0 Å². The van der Waals surface area contributed by atoms with E-state index in [9.17, 15) is 4.21 Å². The molecule has 0 bridgehead atoms. The SMILES string of the molecule is C#CCCN1CCS(=O)C(C)(C)C1. The molecule has 1 aliphatic heterocycles. The Balaban J connectivity index is 2.47. The van der Waals surface area contributed by atoms with Gasteiger partial charge in [-0.25, -0.2) is 0 Å². The van der Waals surface area contributed by atoms with Gasteiger partial charge in [-0.05, 0) is 13.8 Å². The highest BCUT2D eigenvalue weighted by molar-refractivity contribution is 7.86. The highest BCUT2D eigenvalue weighted by atomic mass is 32.2. The maximum Gasteiger partial charge on any atom is 0.0530 e. The van der Waals surface area contributed by atoms with Crippen LogP contribution in [0.2, 0.25) is 0 Å².